The van der Waals surface area contributed by atoms with Gasteiger partial charge in [0.2, 0.25) is 0 Å². The molecule has 0 spiro atoms. The number of rotatable bonds is 4. The summed E-state index contributed by atoms with van der Waals surface area (Å²) in [7, 11) is 0. The van der Waals surface area contributed by atoms with E-state index in [1.807, 2.05) is 42.5 Å². The highest BCUT2D eigenvalue weighted by atomic mass is 32.1. The fourth-order valence-electron chi connectivity index (χ4n) is 2.78. The van der Waals surface area contributed by atoms with Gasteiger partial charge in [0.1, 0.15) is 0 Å². The molecule has 0 aliphatic rings. The fourth-order valence-corrected chi connectivity index (χ4v) is 2.98. The van der Waals surface area contributed by atoms with Crippen molar-refractivity contribution in [2.45, 2.75) is 6.92 Å². The van der Waals surface area contributed by atoms with Crippen LogP contribution in [-0.4, -0.2) is 22.1 Å². The molecule has 0 saturated heterocycles. The van der Waals surface area contributed by atoms with Crippen molar-refractivity contribution < 1.29 is 14.7 Å². The van der Waals surface area contributed by atoms with Crippen LogP contribution in [0, 0.1) is 6.92 Å². The maximum atomic E-state index is 12.4. The lowest BCUT2D eigenvalue weighted by Gasteiger charge is -2.13. The van der Waals surface area contributed by atoms with Crippen molar-refractivity contribution in [2.24, 2.45) is 0 Å². The Kier molecular flexibility index (Phi) is 5.81. The lowest BCUT2D eigenvalue weighted by molar-refractivity contribution is 0.0696. The SMILES string of the molecule is Cc1c(NC(=S)NC(=O)c2ccc(-c3ccccc3)cc2)cccc1C(=O)O. The highest BCUT2D eigenvalue weighted by molar-refractivity contribution is 7.80. The summed E-state index contributed by atoms with van der Waals surface area (Å²) in [6, 6.07) is 21.9. The Morgan fingerprint density at radius 1 is 0.857 bits per heavy atom. The topological polar surface area (TPSA) is 78.4 Å². The van der Waals surface area contributed by atoms with Gasteiger partial charge < -0.3 is 10.4 Å². The van der Waals surface area contributed by atoms with Crippen molar-refractivity contribution in [1.82, 2.24) is 5.32 Å². The van der Waals surface area contributed by atoms with Crippen LogP contribution >= 0.6 is 12.2 Å². The van der Waals surface area contributed by atoms with Gasteiger partial charge in [0.15, 0.2) is 5.11 Å². The molecule has 0 atom stereocenters. The third-order valence-electron chi connectivity index (χ3n) is 4.29. The van der Waals surface area contributed by atoms with E-state index in [2.05, 4.69) is 10.6 Å². The van der Waals surface area contributed by atoms with Crippen LogP contribution in [0.1, 0.15) is 26.3 Å². The molecule has 0 heterocycles. The zero-order valence-corrected chi connectivity index (χ0v) is 15.9. The molecule has 28 heavy (non-hydrogen) atoms. The summed E-state index contributed by atoms with van der Waals surface area (Å²) in [5.41, 5.74) is 3.80. The van der Waals surface area contributed by atoms with Gasteiger partial charge in [-0.3, -0.25) is 10.1 Å². The number of carbonyl (C=O) groups is 2. The van der Waals surface area contributed by atoms with Crippen molar-refractivity contribution in [3.05, 3.63) is 89.5 Å². The summed E-state index contributed by atoms with van der Waals surface area (Å²) in [5.74, 6) is -1.36. The molecule has 1 amide bonds. The largest absolute Gasteiger partial charge is 0.478 e. The third kappa shape index (κ3) is 4.42. The molecule has 5 nitrogen and oxygen atoms in total. The van der Waals surface area contributed by atoms with Crippen LogP contribution < -0.4 is 10.6 Å². The summed E-state index contributed by atoms with van der Waals surface area (Å²) >= 11 is 5.19. The second-order valence-electron chi connectivity index (χ2n) is 6.13. The van der Waals surface area contributed by atoms with E-state index in [1.54, 1.807) is 31.2 Å². The zero-order valence-electron chi connectivity index (χ0n) is 15.1. The average molecular weight is 390 g/mol. The number of nitrogens with one attached hydrogen (secondary N) is 2. The molecule has 6 heteroatoms. The molecule has 0 saturated carbocycles. The first-order valence-corrected chi connectivity index (χ1v) is 8.97. The van der Waals surface area contributed by atoms with E-state index in [1.165, 1.54) is 6.07 Å². The molecule has 0 aliphatic heterocycles. The van der Waals surface area contributed by atoms with E-state index in [0.29, 0.717) is 16.8 Å². The number of thiocarbonyl (C=S) groups is 1. The Balaban J connectivity index is 1.67. The van der Waals surface area contributed by atoms with Crippen LogP contribution in [0.25, 0.3) is 11.1 Å². The number of amides is 1. The van der Waals surface area contributed by atoms with Crippen LogP contribution in [0.2, 0.25) is 0 Å². The molecule has 0 bridgehead atoms. The molecule has 3 N–H and O–H groups in total. The Hall–Kier alpha value is -3.51. The molecule has 3 aromatic carbocycles. The molecule has 3 aromatic rings. The van der Waals surface area contributed by atoms with Crippen molar-refractivity contribution in [3.63, 3.8) is 0 Å². The predicted octanol–water partition coefficient (Wildman–Crippen LogP) is 4.49. The minimum absolute atomic E-state index is 0.0998. The quantitative estimate of drug-likeness (QED) is 0.572. The Bertz CT molecular complexity index is 1030. The lowest BCUT2D eigenvalue weighted by atomic mass is 10.0. The monoisotopic (exact) mass is 390 g/mol. The van der Waals surface area contributed by atoms with Crippen molar-refractivity contribution in [3.8, 4) is 11.1 Å². The van der Waals surface area contributed by atoms with Gasteiger partial charge in [-0.2, -0.15) is 0 Å². The first-order chi connectivity index (χ1) is 13.5. The van der Waals surface area contributed by atoms with E-state index in [9.17, 15) is 14.7 Å². The molecular weight excluding hydrogens is 372 g/mol. The van der Waals surface area contributed by atoms with E-state index >= 15 is 0 Å². The predicted molar refractivity (Wildman–Crippen MR) is 114 cm³/mol. The van der Waals surface area contributed by atoms with E-state index in [4.69, 9.17) is 12.2 Å². The first kappa shape index (κ1) is 19.3. The van der Waals surface area contributed by atoms with Gasteiger partial charge >= 0.3 is 5.97 Å². The Morgan fingerprint density at radius 2 is 1.50 bits per heavy atom. The van der Waals surface area contributed by atoms with E-state index < -0.39 is 5.97 Å². The molecule has 0 aliphatic carbocycles. The number of carboxylic acids is 1. The second kappa shape index (κ2) is 8.45. The smallest absolute Gasteiger partial charge is 0.336 e. The van der Waals surface area contributed by atoms with Crippen LogP contribution in [0.3, 0.4) is 0 Å². The third-order valence-corrected chi connectivity index (χ3v) is 4.50. The van der Waals surface area contributed by atoms with Gasteiger partial charge in [0.05, 0.1) is 5.56 Å². The van der Waals surface area contributed by atoms with Gasteiger partial charge in [-0.25, -0.2) is 4.79 Å². The number of carbonyl (C=O) groups excluding carboxylic acids is 1. The number of benzene rings is 3. The minimum atomic E-state index is -1.02. The highest BCUT2D eigenvalue weighted by Crippen LogP contribution is 2.20. The molecule has 140 valence electrons. The zero-order chi connectivity index (χ0) is 20.1. The Morgan fingerprint density at radius 3 is 2.14 bits per heavy atom. The minimum Gasteiger partial charge on any atom is -0.478 e. The summed E-state index contributed by atoms with van der Waals surface area (Å²) in [6.45, 7) is 1.68. The summed E-state index contributed by atoms with van der Waals surface area (Å²) in [5, 5.41) is 14.8. The molecule has 0 unspecified atom stereocenters. The maximum Gasteiger partial charge on any atom is 0.336 e. The van der Waals surface area contributed by atoms with Gasteiger partial charge in [0.25, 0.3) is 5.91 Å². The molecule has 0 radical (unpaired) electrons. The molecule has 3 rings (SSSR count). The number of hydrogen-bond donors (Lipinski definition) is 3. The van der Waals surface area contributed by atoms with Crippen LogP contribution in [0.4, 0.5) is 5.69 Å². The van der Waals surface area contributed by atoms with Crippen LogP contribution in [0.5, 0.6) is 0 Å². The number of carboxylic acid groups (broad SMARTS) is 1. The first-order valence-electron chi connectivity index (χ1n) is 8.56. The second-order valence-corrected chi connectivity index (χ2v) is 6.54. The normalized spacial score (nSPS) is 10.2. The number of aromatic carboxylic acids is 1. The summed E-state index contributed by atoms with van der Waals surface area (Å²) < 4.78 is 0. The summed E-state index contributed by atoms with van der Waals surface area (Å²) in [4.78, 5) is 23.6. The number of anilines is 1. The summed E-state index contributed by atoms with van der Waals surface area (Å²) in [6.07, 6.45) is 0. The van der Waals surface area contributed by atoms with Gasteiger partial charge in [0, 0.05) is 11.3 Å². The van der Waals surface area contributed by atoms with Gasteiger partial charge in [-0.05, 0) is 60.1 Å². The standard InChI is InChI=1S/C22H18N2O3S/c1-14-18(21(26)27)8-5-9-19(14)23-22(28)24-20(25)17-12-10-16(11-13-17)15-6-3-2-4-7-15/h2-13H,1H3,(H,26,27)(H2,23,24,25,28). The number of hydrogen-bond acceptors (Lipinski definition) is 3. The lowest BCUT2D eigenvalue weighted by Crippen LogP contribution is -2.34. The maximum absolute atomic E-state index is 12.4. The molecule has 0 aromatic heterocycles. The highest BCUT2D eigenvalue weighted by Gasteiger charge is 2.13. The van der Waals surface area contributed by atoms with Crippen molar-refractivity contribution in [1.29, 1.82) is 0 Å². The molecular formula is C22H18N2O3S. The van der Waals surface area contributed by atoms with Crippen molar-refractivity contribution in [2.75, 3.05) is 5.32 Å². The fraction of sp³-hybridized carbons (Fsp3) is 0.0455. The van der Waals surface area contributed by atoms with E-state index in [0.717, 1.165) is 11.1 Å². The van der Waals surface area contributed by atoms with E-state index in [-0.39, 0.29) is 16.6 Å². The van der Waals surface area contributed by atoms with Crippen molar-refractivity contribution >= 4 is 34.9 Å². The van der Waals surface area contributed by atoms with Crippen LogP contribution in [-0.2, 0) is 0 Å². The Labute approximate surface area is 168 Å². The average Bonchev–Trinajstić information content (AvgIpc) is 2.70. The molecule has 0 fully saturated rings. The van der Waals surface area contributed by atoms with Crippen LogP contribution in [0.15, 0.2) is 72.8 Å². The van der Waals surface area contributed by atoms with Gasteiger partial charge in [-0.1, -0.05) is 48.5 Å². The van der Waals surface area contributed by atoms with Gasteiger partial charge in [-0.15, -0.1) is 0 Å².